The third-order valence-electron chi connectivity index (χ3n) is 2.10. The van der Waals surface area contributed by atoms with E-state index < -0.39 is 0 Å². The lowest BCUT2D eigenvalue weighted by Gasteiger charge is -2.32. The molecule has 3 nitrogen and oxygen atoms in total. The number of carbonyl (C=O) groups is 1. The van der Waals surface area contributed by atoms with Gasteiger partial charge in [0, 0.05) is 13.5 Å². The van der Waals surface area contributed by atoms with Crippen LogP contribution in [0, 0.1) is 0 Å². The van der Waals surface area contributed by atoms with Crippen LogP contribution in [0.5, 0.6) is 0 Å². The number of nitrogens with zero attached hydrogens (tertiary/aromatic N) is 2. The molecule has 1 unspecified atom stereocenters. The molecule has 0 saturated heterocycles. The van der Waals surface area contributed by atoms with Gasteiger partial charge in [0.1, 0.15) is 0 Å². The normalized spacial score (nSPS) is 13.2. The highest BCUT2D eigenvalue weighted by molar-refractivity contribution is 5.75. The van der Waals surface area contributed by atoms with Gasteiger partial charge in [-0.2, -0.15) is 0 Å². The summed E-state index contributed by atoms with van der Waals surface area (Å²) in [5, 5.41) is 0. The van der Waals surface area contributed by atoms with Crippen LogP contribution in [0.2, 0.25) is 0 Å². The molecule has 1 amide bonds. The van der Waals surface area contributed by atoms with Crippen molar-refractivity contribution in [2.45, 2.75) is 32.9 Å². The molecular formula is C9H20N2O. The molecular weight excluding hydrogens is 152 g/mol. The maximum atomic E-state index is 11.3. The minimum atomic E-state index is 0.204. The molecule has 0 N–H and O–H groups in total. The number of carbonyl (C=O) groups excluding carboxylic acids is 1. The molecule has 0 aromatic carbocycles. The Hall–Kier alpha value is -0.570. The Kier molecular flexibility index (Phi) is 4.90. The number of rotatable bonds is 4. The maximum absolute atomic E-state index is 11.3. The van der Waals surface area contributed by atoms with Crippen LogP contribution in [-0.4, -0.2) is 43.0 Å². The fourth-order valence-electron chi connectivity index (χ4n) is 1.40. The third kappa shape index (κ3) is 2.81. The Bertz CT molecular complexity index is 145. The molecule has 3 heteroatoms. The second-order valence-corrected chi connectivity index (χ2v) is 3.21. The van der Waals surface area contributed by atoms with Gasteiger partial charge in [-0.3, -0.25) is 9.69 Å². The Labute approximate surface area is 75.3 Å². The summed E-state index contributed by atoms with van der Waals surface area (Å²) in [4.78, 5) is 15.2. The lowest BCUT2D eigenvalue weighted by atomic mass is 10.3. The molecule has 0 aliphatic heterocycles. The van der Waals surface area contributed by atoms with Gasteiger partial charge in [-0.1, -0.05) is 13.8 Å². The molecule has 0 aromatic rings. The summed E-state index contributed by atoms with van der Waals surface area (Å²) in [6, 6.07) is 0. The molecule has 0 bridgehead atoms. The van der Waals surface area contributed by atoms with Crippen LogP contribution in [-0.2, 0) is 4.79 Å². The second-order valence-electron chi connectivity index (χ2n) is 3.21. The number of hydrogen-bond acceptors (Lipinski definition) is 2. The quantitative estimate of drug-likeness (QED) is 0.594. The van der Waals surface area contributed by atoms with Crippen molar-refractivity contribution in [2.75, 3.05) is 21.1 Å². The zero-order valence-electron chi connectivity index (χ0n) is 8.79. The van der Waals surface area contributed by atoms with Crippen molar-refractivity contribution in [2.24, 2.45) is 0 Å². The van der Waals surface area contributed by atoms with Crippen molar-refractivity contribution in [3.8, 4) is 0 Å². The Morgan fingerprint density at radius 2 is 1.75 bits per heavy atom. The summed E-state index contributed by atoms with van der Waals surface area (Å²) >= 11 is 0. The summed E-state index contributed by atoms with van der Waals surface area (Å²) < 4.78 is 0. The highest BCUT2D eigenvalue weighted by atomic mass is 16.2. The van der Waals surface area contributed by atoms with E-state index in [0.717, 1.165) is 6.42 Å². The molecule has 0 heterocycles. The van der Waals surface area contributed by atoms with E-state index in [9.17, 15) is 4.79 Å². The summed E-state index contributed by atoms with van der Waals surface area (Å²) in [6.07, 6.45) is 1.79. The average molecular weight is 172 g/mol. The standard InChI is InChI=1S/C9H20N2O/c1-6-8(10(3)4)11(5)9(12)7-2/h8H,6-7H2,1-5H3. The van der Waals surface area contributed by atoms with Gasteiger partial charge < -0.3 is 4.90 Å². The lowest BCUT2D eigenvalue weighted by molar-refractivity contribution is -0.134. The molecule has 0 aromatic heterocycles. The first-order chi connectivity index (χ1) is 5.54. The first kappa shape index (κ1) is 11.4. The third-order valence-corrected chi connectivity index (χ3v) is 2.10. The minimum Gasteiger partial charge on any atom is -0.330 e. The summed E-state index contributed by atoms with van der Waals surface area (Å²) in [7, 11) is 5.85. The van der Waals surface area contributed by atoms with E-state index in [2.05, 4.69) is 11.8 Å². The van der Waals surface area contributed by atoms with Crippen LogP contribution in [0.15, 0.2) is 0 Å². The predicted molar refractivity (Wildman–Crippen MR) is 50.8 cm³/mol. The van der Waals surface area contributed by atoms with Crippen molar-refractivity contribution in [3.05, 3.63) is 0 Å². The van der Waals surface area contributed by atoms with Gasteiger partial charge in [-0.15, -0.1) is 0 Å². The van der Waals surface area contributed by atoms with Crippen LogP contribution in [0.3, 0.4) is 0 Å². The first-order valence-corrected chi connectivity index (χ1v) is 4.46. The van der Waals surface area contributed by atoms with E-state index in [-0.39, 0.29) is 12.1 Å². The largest absolute Gasteiger partial charge is 0.330 e. The van der Waals surface area contributed by atoms with Crippen molar-refractivity contribution >= 4 is 5.91 Å². The fraction of sp³-hybridized carbons (Fsp3) is 0.889. The Morgan fingerprint density at radius 1 is 1.25 bits per heavy atom. The summed E-state index contributed by atoms with van der Waals surface area (Å²) in [6.45, 7) is 3.98. The van der Waals surface area contributed by atoms with Crippen molar-refractivity contribution < 1.29 is 4.79 Å². The zero-order chi connectivity index (χ0) is 9.72. The van der Waals surface area contributed by atoms with E-state index in [1.807, 2.05) is 28.1 Å². The van der Waals surface area contributed by atoms with E-state index in [4.69, 9.17) is 0 Å². The average Bonchev–Trinajstić information content (AvgIpc) is 2.03. The molecule has 0 aliphatic carbocycles. The van der Waals surface area contributed by atoms with Crippen LogP contribution in [0.25, 0.3) is 0 Å². The van der Waals surface area contributed by atoms with E-state index >= 15 is 0 Å². The molecule has 1 atom stereocenters. The lowest BCUT2D eigenvalue weighted by Crippen LogP contribution is -2.45. The molecule has 0 aliphatic rings. The van der Waals surface area contributed by atoms with E-state index in [0.29, 0.717) is 6.42 Å². The van der Waals surface area contributed by atoms with Gasteiger partial charge in [0.2, 0.25) is 5.91 Å². The van der Waals surface area contributed by atoms with Crippen molar-refractivity contribution in [1.29, 1.82) is 0 Å². The van der Waals surface area contributed by atoms with Gasteiger partial charge in [0.25, 0.3) is 0 Å². The monoisotopic (exact) mass is 172 g/mol. The summed E-state index contributed by atoms with van der Waals surface area (Å²) in [5.41, 5.74) is 0. The van der Waals surface area contributed by atoms with Gasteiger partial charge in [-0.05, 0) is 20.5 Å². The molecule has 72 valence electrons. The zero-order valence-corrected chi connectivity index (χ0v) is 8.79. The predicted octanol–water partition coefficient (Wildman–Crippen LogP) is 1.15. The molecule has 12 heavy (non-hydrogen) atoms. The smallest absolute Gasteiger partial charge is 0.223 e. The van der Waals surface area contributed by atoms with Gasteiger partial charge in [-0.25, -0.2) is 0 Å². The van der Waals surface area contributed by atoms with Gasteiger partial charge >= 0.3 is 0 Å². The molecule has 0 radical (unpaired) electrons. The highest BCUT2D eigenvalue weighted by Crippen LogP contribution is 2.05. The van der Waals surface area contributed by atoms with Crippen LogP contribution in [0.4, 0.5) is 0 Å². The number of amides is 1. The highest BCUT2D eigenvalue weighted by Gasteiger charge is 2.17. The first-order valence-electron chi connectivity index (χ1n) is 4.46. The molecule has 0 saturated carbocycles. The number of hydrogen-bond donors (Lipinski definition) is 0. The maximum Gasteiger partial charge on any atom is 0.223 e. The van der Waals surface area contributed by atoms with Gasteiger partial charge in [0.05, 0.1) is 6.17 Å². The molecule has 0 fully saturated rings. The van der Waals surface area contributed by atoms with Crippen molar-refractivity contribution in [3.63, 3.8) is 0 Å². The molecule has 0 rings (SSSR count). The Balaban J connectivity index is 4.20. The van der Waals surface area contributed by atoms with E-state index in [1.54, 1.807) is 4.90 Å². The SMILES string of the molecule is CCC(=O)N(C)C(CC)N(C)C. The van der Waals surface area contributed by atoms with Crippen molar-refractivity contribution in [1.82, 2.24) is 9.80 Å². The van der Waals surface area contributed by atoms with Crippen LogP contribution in [0.1, 0.15) is 26.7 Å². The fourth-order valence-corrected chi connectivity index (χ4v) is 1.40. The summed E-state index contributed by atoms with van der Waals surface area (Å²) in [5.74, 6) is 0.204. The van der Waals surface area contributed by atoms with Crippen LogP contribution >= 0.6 is 0 Å². The minimum absolute atomic E-state index is 0.204. The van der Waals surface area contributed by atoms with E-state index in [1.165, 1.54) is 0 Å². The second kappa shape index (κ2) is 5.14. The van der Waals surface area contributed by atoms with Gasteiger partial charge in [0.15, 0.2) is 0 Å². The molecule has 0 spiro atoms. The topological polar surface area (TPSA) is 23.6 Å². The Morgan fingerprint density at radius 3 is 2.00 bits per heavy atom. The van der Waals surface area contributed by atoms with Crippen LogP contribution < -0.4 is 0 Å².